The normalized spacial score (nSPS) is 11.0. The van der Waals surface area contributed by atoms with Gasteiger partial charge >= 0.3 is 5.97 Å². The first-order chi connectivity index (χ1) is 13.8. The summed E-state index contributed by atoms with van der Waals surface area (Å²) >= 11 is 0. The Morgan fingerprint density at radius 1 is 1.07 bits per heavy atom. The third-order valence-electron chi connectivity index (χ3n) is 3.82. The lowest BCUT2D eigenvalue weighted by molar-refractivity contribution is -0.139. The molecule has 2 aromatic heterocycles. The molecule has 0 amide bonds. The Morgan fingerprint density at radius 3 is 2.61 bits per heavy atom. The zero-order chi connectivity index (χ0) is 19.2. The van der Waals surface area contributed by atoms with E-state index in [1.54, 1.807) is 12.3 Å². The molecule has 4 rings (SSSR count). The molecule has 0 spiro atoms. The maximum absolute atomic E-state index is 11.9. The Bertz CT molecular complexity index is 1090. The molecule has 7 nitrogen and oxygen atoms in total. The minimum Gasteiger partial charge on any atom is -0.456 e. The number of para-hydroxylation sites is 1. The van der Waals surface area contributed by atoms with Gasteiger partial charge in [-0.3, -0.25) is 0 Å². The van der Waals surface area contributed by atoms with Crippen LogP contribution < -0.4 is 0 Å². The predicted octanol–water partition coefficient (Wildman–Crippen LogP) is 3.68. The number of esters is 1. The van der Waals surface area contributed by atoms with Gasteiger partial charge in [0.1, 0.15) is 24.3 Å². The molecule has 0 N–H and O–H groups in total. The Hall–Kier alpha value is -4.00. The van der Waals surface area contributed by atoms with Crippen molar-refractivity contribution in [2.75, 3.05) is 0 Å². The summed E-state index contributed by atoms with van der Waals surface area (Å²) in [5, 5.41) is 8.46. The lowest BCUT2D eigenvalue weighted by Crippen LogP contribution is -2.01. The lowest BCUT2D eigenvalue weighted by atomic mass is 10.2. The first-order valence-electron chi connectivity index (χ1n) is 8.60. The number of aromatic nitrogens is 4. The van der Waals surface area contributed by atoms with Crippen LogP contribution in [0.3, 0.4) is 0 Å². The quantitative estimate of drug-likeness (QED) is 0.379. The summed E-state index contributed by atoms with van der Waals surface area (Å²) in [5.74, 6) is -0.0155. The van der Waals surface area contributed by atoms with Crippen LogP contribution in [0.4, 0.5) is 0 Å². The molecule has 0 bridgehead atoms. The summed E-state index contributed by atoms with van der Waals surface area (Å²) in [7, 11) is 0. The van der Waals surface area contributed by atoms with Crippen LogP contribution in [0.2, 0.25) is 0 Å². The molecule has 0 aliphatic rings. The second kappa shape index (κ2) is 8.13. The van der Waals surface area contributed by atoms with Gasteiger partial charge in [-0.1, -0.05) is 36.4 Å². The molecule has 0 saturated heterocycles. The molecular weight excluding hydrogens is 356 g/mol. The molecule has 0 aliphatic carbocycles. The maximum Gasteiger partial charge on any atom is 0.331 e. The van der Waals surface area contributed by atoms with Gasteiger partial charge in [0.05, 0.1) is 11.9 Å². The second-order valence-electron chi connectivity index (χ2n) is 5.85. The van der Waals surface area contributed by atoms with Gasteiger partial charge in [0.2, 0.25) is 5.89 Å². The van der Waals surface area contributed by atoms with Crippen LogP contribution in [0, 0.1) is 0 Å². The average Bonchev–Trinajstić information content (AvgIpc) is 3.42. The largest absolute Gasteiger partial charge is 0.456 e. The molecule has 0 fully saturated rings. The lowest BCUT2D eigenvalue weighted by Gasteiger charge is -1.97. The number of rotatable bonds is 6. The number of benzene rings is 2. The molecule has 0 saturated carbocycles. The number of nitrogens with zero attached hydrogens (tertiary/aromatic N) is 4. The van der Waals surface area contributed by atoms with Crippen molar-refractivity contribution in [2.45, 2.75) is 6.61 Å². The fourth-order valence-electron chi connectivity index (χ4n) is 2.47. The number of hydrogen-bond donors (Lipinski definition) is 0. The van der Waals surface area contributed by atoms with E-state index in [1.807, 2.05) is 60.7 Å². The second-order valence-corrected chi connectivity index (χ2v) is 5.85. The van der Waals surface area contributed by atoms with Gasteiger partial charge in [-0.2, -0.15) is 9.90 Å². The predicted molar refractivity (Wildman–Crippen MR) is 102 cm³/mol. The van der Waals surface area contributed by atoms with Gasteiger partial charge in [-0.05, 0) is 30.3 Å². The van der Waals surface area contributed by atoms with Crippen LogP contribution in [0.1, 0.15) is 11.4 Å². The number of oxazole rings is 1. The summed E-state index contributed by atoms with van der Waals surface area (Å²) in [5.41, 5.74) is 2.79. The van der Waals surface area contributed by atoms with Crippen molar-refractivity contribution in [1.29, 1.82) is 0 Å². The summed E-state index contributed by atoms with van der Waals surface area (Å²) in [4.78, 5) is 17.7. The van der Waals surface area contributed by atoms with E-state index >= 15 is 0 Å². The number of hydrogen-bond acceptors (Lipinski definition) is 6. The highest BCUT2D eigenvalue weighted by Gasteiger charge is 2.08. The van der Waals surface area contributed by atoms with Crippen LogP contribution in [0.5, 0.6) is 0 Å². The summed E-state index contributed by atoms with van der Waals surface area (Å²) in [6.07, 6.45) is 5.90. The maximum atomic E-state index is 11.9. The van der Waals surface area contributed by atoms with Crippen molar-refractivity contribution in [1.82, 2.24) is 20.0 Å². The van der Waals surface area contributed by atoms with Gasteiger partial charge in [-0.15, -0.1) is 5.10 Å². The minimum absolute atomic E-state index is 0.0240. The first kappa shape index (κ1) is 17.4. The van der Waals surface area contributed by atoms with Crippen LogP contribution >= 0.6 is 0 Å². The van der Waals surface area contributed by atoms with E-state index in [2.05, 4.69) is 15.2 Å². The monoisotopic (exact) mass is 372 g/mol. The first-order valence-corrected chi connectivity index (χ1v) is 8.60. The molecule has 0 unspecified atom stereocenters. The van der Waals surface area contributed by atoms with Crippen molar-refractivity contribution in [3.8, 4) is 17.1 Å². The zero-order valence-corrected chi connectivity index (χ0v) is 14.8. The third kappa shape index (κ3) is 4.21. The zero-order valence-electron chi connectivity index (χ0n) is 14.8. The Morgan fingerprint density at radius 2 is 1.82 bits per heavy atom. The Labute approximate surface area is 160 Å². The van der Waals surface area contributed by atoms with E-state index in [9.17, 15) is 4.79 Å². The molecule has 2 heterocycles. The number of carbonyl (C=O) groups excluding carboxylic acids is 1. The number of carbonyl (C=O) groups is 1. The fourth-order valence-corrected chi connectivity index (χ4v) is 2.47. The van der Waals surface area contributed by atoms with Crippen molar-refractivity contribution < 1.29 is 13.9 Å². The summed E-state index contributed by atoms with van der Waals surface area (Å²) < 4.78 is 10.6. The summed E-state index contributed by atoms with van der Waals surface area (Å²) in [6.45, 7) is 0.0240. The molecule has 2 aromatic carbocycles. The molecule has 0 aliphatic heterocycles. The van der Waals surface area contributed by atoms with Gasteiger partial charge in [0.25, 0.3) is 0 Å². The third-order valence-corrected chi connectivity index (χ3v) is 3.82. The van der Waals surface area contributed by atoms with Crippen molar-refractivity contribution in [2.24, 2.45) is 0 Å². The highest BCUT2D eigenvalue weighted by atomic mass is 16.5. The minimum atomic E-state index is -0.501. The molecule has 4 aromatic rings. The van der Waals surface area contributed by atoms with Crippen LogP contribution in [0.15, 0.2) is 83.6 Å². The van der Waals surface area contributed by atoms with E-state index in [0.717, 1.165) is 11.3 Å². The van der Waals surface area contributed by atoms with Crippen LogP contribution in [-0.4, -0.2) is 25.9 Å². The molecule has 0 radical (unpaired) electrons. The van der Waals surface area contributed by atoms with Crippen molar-refractivity contribution in [3.05, 3.63) is 90.6 Å². The van der Waals surface area contributed by atoms with Crippen LogP contribution in [-0.2, 0) is 16.1 Å². The van der Waals surface area contributed by atoms with Gasteiger partial charge in [0, 0.05) is 11.6 Å². The Kier molecular flexibility index (Phi) is 5.06. The van der Waals surface area contributed by atoms with E-state index in [1.165, 1.54) is 17.1 Å². The number of ether oxygens (including phenoxy) is 1. The van der Waals surface area contributed by atoms with Crippen LogP contribution in [0.25, 0.3) is 23.2 Å². The van der Waals surface area contributed by atoms with Crippen molar-refractivity contribution >= 4 is 12.0 Å². The highest BCUT2D eigenvalue weighted by molar-refractivity contribution is 5.86. The summed E-state index contributed by atoms with van der Waals surface area (Å²) in [6, 6.07) is 19.0. The molecule has 28 heavy (non-hydrogen) atoms. The standard InChI is InChI=1S/C21H16N4O3/c26-20(12-11-17-13-22-25(24-17)19-9-5-2-6-10-19)27-14-18-15-28-21(23-18)16-7-3-1-4-8-16/h1-13,15H,14H2/b12-11+. The highest BCUT2D eigenvalue weighted by Crippen LogP contribution is 2.18. The van der Waals surface area contributed by atoms with Gasteiger partial charge in [0.15, 0.2) is 0 Å². The molecular formula is C21H16N4O3. The molecule has 7 heteroatoms. The van der Waals surface area contributed by atoms with Gasteiger partial charge < -0.3 is 9.15 Å². The molecule has 138 valence electrons. The van der Waals surface area contributed by atoms with E-state index in [0.29, 0.717) is 17.3 Å². The van der Waals surface area contributed by atoms with E-state index in [-0.39, 0.29) is 6.61 Å². The molecule has 0 atom stereocenters. The fraction of sp³-hybridized carbons (Fsp3) is 0.0476. The Balaban J connectivity index is 1.33. The smallest absolute Gasteiger partial charge is 0.331 e. The van der Waals surface area contributed by atoms with Gasteiger partial charge in [-0.25, -0.2) is 9.78 Å². The SMILES string of the molecule is O=C(/C=C/c1cnn(-c2ccccc2)n1)OCc1coc(-c2ccccc2)n1. The van der Waals surface area contributed by atoms with E-state index < -0.39 is 5.97 Å². The topological polar surface area (TPSA) is 83.0 Å². The van der Waals surface area contributed by atoms with E-state index in [4.69, 9.17) is 9.15 Å². The van der Waals surface area contributed by atoms with Crippen molar-refractivity contribution in [3.63, 3.8) is 0 Å². The average molecular weight is 372 g/mol.